The molecule has 0 fully saturated rings. The lowest BCUT2D eigenvalue weighted by Crippen LogP contribution is -2.22. The van der Waals surface area contributed by atoms with Gasteiger partial charge in [-0.05, 0) is 50.6 Å². The quantitative estimate of drug-likeness (QED) is 0.831. The van der Waals surface area contributed by atoms with Crippen LogP contribution in [-0.4, -0.2) is 18.5 Å². The van der Waals surface area contributed by atoms with Crippen molar-refractivity contribution in [1.29, 1.82) is 0 Å². The monoisotopic (exact) mass is 282 g/mol. The van der Waals surface area contributed by atoms with Gasteiger partial charge in [-0.25, -0.2) is 0 Å². The standard InChI is InChI=1S/C19H26N2/c1-5-20-19-13-18(12-11-15(19)2)16(3)21(4)14-17-9-7-6-8-10-17/h6-13,16,20H,5,14H2,1-4H3/t16-/m1/s1. The van der Waals surface area contributed by atoms with Crippen LogP contribution >= 0.6 is 0 Å². The Hall–Kier alpha value is -1.80. The number of rotatable bonds is 6. The highest BCUT2D eigenvalue weighted by Gasteiger charge is 2.13. The van der Waals surface area contributed by atoms with E-state index in [0.29, 0.717) is 6.04 Å². The number of aryl methyl sites for hydroxylation is 1. The maximum Gasteiger partial charge on any atom is 0.0373 e. The molecule has 1 N–H and O–H groups in total. The molecule has 0 saturated heterocycles. The normalized spacial score (nSPS) is 12.4. The predicted molar refractivity (Wildman–Crippen MR) is 91.7 cm³/mol. The van der Waals surface area contributed by atoms with E-state index in [9.17, 15) is 0 Å². The Morgan fingerprint density at radius 1 is 1.10 bits per heavy atom. The van der Waals surface area contributed by atoms with Crippen LogP contribution in [0.2, 0.25) is 0 Å². The van der Waals surface area contributed by atoms with Crippen molar-refractivity contribution in [3.05, 3.63) is 65.2 Å². The van der Waals surface area contributed by atoms with E-state index in [-0.39, 0.29) is 0 Å². The van der Waals surface area contributed by atoms with Gasteiger partial charge in [0.15, 0.2) is 0 Å². The van der Waals surface area contributed by atoms with E-state index in [4.69, 9.17) is 0 Å². The summed E-state index contributed by atoms with van der Waals surface area (Å²) in [7, 11) is 2.18. The minimum Gasteiger partial charge on any atom is -0.385 e. The summed E-state index contributed by atoms with van der Waals surface area (Å²) >= 11 is 0. The first-order valence-corrected chi connectivity index (χ1v) is 7.70. The fourth-order valence-corrected chi connectivity index (χ4v) is 2.54. The fourth-order valence-electron chi connectivity index (χ4n) is 2.54. The Morgan fingerprint density at radius 3 is 2.48 bits per heavy atom. The summed E-state index contributed by atoms with van der Waals surface area (Å²) < 4.78 is 0. The molecule has 0 aliphatic rings. The summed E-state index contributed by atoms with van der Waals surface area (Å²) in [5, 5.41) is 3.44. The third-order valence-corrected chi connectivity index (χ3v) is 4.05. The first-order chi connectivity index (χ1) is 10.1. The molecule has 0 aliphatic carbocycles. The highest BCUT2D eigenvalue weighted by atomic mass is 15.1. The zero-order chi connectivity index (χ0) is 15.2. The Labute approximate surface area is 128 Å². The Kier molecular flexibility index (Phi) is 5.40. The number of nitrogens with zero attached hydrogens (tertiary/aromatic N) is 1. The second-order valence-corrected chi connectivity index (χ2v) is 5.68. The third kappa shape index (κ3) is 4.08. The summed E-state index contributed by atoms with van der Waals surface area (Å²) in [4.78, 5) is 2.38. The maximum absolute atomic E-state index is 3.44. The van der Waals surface area contributed by atoms with Crippen molar-refractivity contribution < 1.29 is 0 Å². The molecule has 21 heavy (non-hydrogen) atoms. The Bertz CT molecular complexity index is 563. The third-order valence-electron chi connectivity index (χ3n) is 4.05. The number of nitrogens with one attached hydrogen (secondary N) is 1. The topological polar surface area (TPSA) is 15.3 Å². The van der Waals surface area contributed by atoms with Gasteiger partial charge in [-0.15, -0.1) is 0 Å². The predicted octanol–water partition coefficient (Wildman–Crippen LogP) is 4.62. The van der Waals surface area contributed by atoms with Crippen LogP contribution in [0.3, 0.4) is 0 Å². The van der Waals surface area contributed by atoms with E-state index in [1.165, 1.54) is 22.4 Å². The molecule has 0 heterocycles. The molecule has 1 atom stereocenters. The fraction of sp³-hybridized carbons (Fsp3) is 0.368. The molecule has 0 amide bonds. The Balaban J connectivity index is 2.11. The van der Waals surface area contributed by atoms with Gasteiger partial charge in [0.05, 0.1) is 0 Å². The second-order valence-electron chi connectivity index (χ2n) is 5.68. The molecule has 0 spiro atoms. The summed E-state index contributed by atoms with van der Waals surface area (Å²) in [5.41, 5.74) is 5.26. The van der Waals surface area contributed by atoms with Crippen LogP contribution in [0.5, 0.6) is 0 Å². The van der Waals surface area contributed by atoms with E-state index in [2.05, 4.69) is 86.6 Å². The van der Waals surface area contributed by atoms with Gasteiger partial charge in [-0.2, -0.15) is 0 Å². The number of benzene rings is 2. The molecule has 0 aromatic heterocycles. The first-order valence-electron chi connectivity index (χ1n) is 7.70. The summed E-state index contributed by atoms with van der Waals surface area (Å²) in [6.45, 7) is 8.48. The van der Waals surface area contributed by atoms with E-state index < -0.39 is 0 Å². The average molecular weight is 282 g/mol. The summed E-state index contributed by atoms with van der Waals surface area (Å²) in [6.07, 6.45) is 0. The molecule has 0 radical (unpaired) electrons. The Morgan fingerprint density at radius 2 is 1.81 bits per heavy atom. The summed E-state index contributed by atoms with van der Waals surface area (Å²) in [6, 6.07) is 17.8. The first kappa shape index (κ1) is 15.6. The van der Waals surface area contributed by atoms with Crippen LogP contribution in [0.25, 0.3) is 0 Å². The molecular formula is C19H26N2. The molecule has 2 aromatic carbocycles. The number of hydrogen-bond donors (Lipinski definition) is 1. The lowest BCUT2D eigenvalue weighted by atomic mass is 10.0. The van der Waals surface area contributed by atoms with Crippen molar-refractivity contribution in [1.82, 2.24) is 4.90 Å². The number of anilines is 1. The van der Waals surface area contributed by atoms with Crippen LogP contribution < -0.4 is 5.32 Å². The van der Waals surface area contributed by atoms with Crippen LogP contribution in [0, 0.1) is 6.92 Å². The second kappa shape index (κ2) is 7.28. The zero-order valence-corrected chi connectivity index (χ0v) is 13.6. The van der Waals surface area contributed by atoms with Crippen molar-refractivity contribution in [2.24, 2.45) is 0 Å². The van der Waals surface area contributed by atoms with Gasteiger partial charge in [0.2, 0.25) is 0 Å². The molecule has 0 bridgehead atoms. The van der Waals surface area contributed by atoms with Crippen molar-refractivity contribution in [3.63, 3.8) is 0 Å². The van der Waals surface area contributed by atoms with Crippen LogP contribution in [-0.2, 0) is 6.54 Å². The molecule has 2 rings (SSSR count). The van der Waals surface area contributed by atoms with Crippen molar-refractivity contribution in [2.45, 2.75) is 33.4 Å². The lowest BCUT2D eigenvalue weighted by molar-refractivity contribution is 0.253. The van der Waals surface area contributed by atoms with Crippen LogP contribution in [0.15, 0.2) is 48.5 Å². The highest BCUT2D eigenvalue weighted by molar-refractivity contribution is 5.53. The van der Waals surface area contributed by atoms with E-state index in [1.54, 1.807) is 0 Å². The van der Waals surface area contributed by atoms with Crippen molar-refractivity contribution >= 4 is 5.69 Å². The molecule has 2 aromatic rings. The molecule has 2 heteroatoms. The van der Waals surface area contributed by atoms with Crippen molar-refractivity contribution in [3.8, 4) is 0 Å². The zero-order valence-electron chi connectivity index (χ0n) is 13.6. The van der Waals surface area contributed by atoms with Gasteiger partial charge in [0.25, 0.3) is 0 Å². The molecule has 0 unspecified atom stereocenters. The molecule has 0 saturated carbocycles. The number of hydrogen-bond acceptors (Lipinski definition) is 2. The smallest absolute Gasteiger partial charge is 0.0373 e. The van der Waals surface area contributed by atoms with Crippen LogP contribution in [0.4, 0.5) is 5.69 Å². The molecule has 112 valence electrons. The molecular weight excluding hydrogens is 256 g/mol. The van der Waals surface area contributed by atoms with Gasteiger partial charge in [0.1, 0.15) is 0 Å². The van der Waals surface area contributed by atoms with Gasteiger partial charge < -0.3 is 5.32 Å². The van der Waals surface area contributed by atoms with E-state index >= 15 is 0 Å². The SMILES string of the molecule is CCNc1cc([C@@H](C)N(C)Cc2ccccc2)ccc1C. The summed E-state index contributed by atoms with van der Waals surface area (Å²) in [5.74, 6) is 0. The minimum atomic E-state index is 0.392. The van der Waals surface area contributed by atoms with Crippen molar-refractivity contribution in [2.75, 3.05) is 18.9 Å². The largest absolute Gasteiger partial charge is 0.385 e. The van der Waals surface area contributed by atoms with Gasteiger partial charge in [-0.3, -0.25) is 4.90 Å². The minimum absolute atomic E-state index is 0.392. The van der Waals surface area contributed by atoms with Gasteiger partial charge in [0, 0.05) is 24.8 Å². The van der Waals surface area contributed by atoms with Gasteiger partial charge in [-0.1, -0.05) is 42.5 Å². The molecule has 0 aliphatic heterocycles. The van der Waals surface area contributed by atoms with Gasteiger partial charge >= 0.3 is 0 Å². The van der Waals surface area contributed by atoms with E-state index in [1.807, 2.05) is 0 Å². The van der Waals surface area contributed by atoms with E-state index in [0.717, 1.165) is 13.1 Å². The average Bonchev–Trinajstić information content (AvgIpc) is 2.50. The lowest BCUT2D eigenvalue weighted by Gasteiger charge is -2.26. The molecule has 2 nitrogen and oxygen atoms in total. The van der Waals surface area contributed by atoms with Crippen LogP contribution in [0.1, 0.15) is 36.6 Å². The highest BCUT2D eigenvalue weighted by Crippen LogP contribution is 2.25. The maximum atomic E-state index is 3.44.